The van der Waals surface area contributed by atoms with Gasteiger partial charge in [-0.3, -0.25) is 4.68 Å². The van der Waals surface area contributed by atoms with Crippen LogP contribution in [-0.4, -0.2) is 9.78 Å². The van der Waals surface area contributed by atoms with Crippen molar-refractivity contribution in [2.75, 3.05) is 11.1 Å². The number of anilines is 3. The van der Waals surface area contributed by atoms with Crippen molar-refractivity contribution < 1.29 is 0 Å². The molecule has 0 unspecified atom stereocenters. The highest BCUT2D eigenvalue weighted by Crippen LogP contribution is 2.20. The van der Waals surface area contributed by atoms with Gasteiger partial charge in [0.05, 0.1) is 11.9 Å². The molecule has 3 N–H and O–H groups in total. The van der Waals surface area contributed by atoms with E-state index in [4.69, 9.17) is 5.73 Å². The first-order valence-corrected chi connectivity index (χ1v) is 4.77. The number of benzene rings is 1. The van der Waals surface area contributed by atoms with Crippen molar-refractivity contribution in [2.45, 2.75) is 6.92 Å². The summed E-state index contributed by atoms with van der Waals surface area (Å²) in [5, 5.41) is 7.31. The summed E-state index contributed by atoms with van der Waals surface area (Å²) in [7, 11) is 1.88. The fourth-order valence-electron chi connectivity index (χ4n) is 1.37. The minimum absolute atomic E-state index is 0.795. The van der Waals surface area contributed by atoms with Gasteiger partial charge in [0.15, 0.2) is 0 Å². The largest absolute Gasteiger partial charge is 0.398 e. The van der Waals surface area contributed by atoms with Gasteiger partial charge in [-0.2, -0.15) is 5.10 Å². The Labute approximate surface area is 88.7 Å². The molecule has 0 aliphatic heterocycles. The fourth-order valence-corrected chi connectivity index (χ4v) is 1.37. The first-order chi connectivity index (χ1) is 7.15. The molecule has 4 nitrogen and oxygen atoms in total. The summed E-state index contributed by atoms with van der Waals surface area (Å²) in [6, 6.07) is 5.91. The Morgan fingerprint density at radius 1 is 1.33 bits per heavy atom. The SMILES string of the molecule is Cc1ccc(Nc2cnn(C)c2)cc1N. The number of nitrogen functional groups attached to an aromatic ring is 1. The van der Waals surface area contributed by atoms with Gasteiger partial charge in [-0.05, 0) is 24.6 Å². The summed E-state index contributed by atoms with van der Waals surface area (Å²) < 4.78 is 1.75. The van der Waals surface area contributed by atoms with Crippen molar-refractivity contribution >= 4 is 17.1 Å². The normalized spacial score (nSPS) is 10.3. The third-order valence-corrected chi connectivity index (χ3v) is 2.27. The molecule has 2 rings (SSSR count). The van der Waals surface area contributed by atoms with Gasteiger partial charge in [0.1, 0.15) is 0 Å². The highest BCUT2D eigenvalue weighted by molar-refractivity contribution is 5.64. The molecule has 0 radical (unpaired) electrons. The Morgan fingerprint density at radius 3 is 2.73 bits per heavy atom. The molecule has 0 bridgehead atoms. The first-order valence-electron chi connectivity index (χ1n) is 4.77. The molecule has 0 atom stereocenters. The van der Waals surface area contributed by atoms with E-state index in [1.54, 1.807) is 10.9 Å². The Hall–Kier alpha value is -1.97. The Morgan fingerprint density at radius 2 is 2.13 bits per heavy atom. The van der Waals surface area contributed by atoms with Gasteiger partial charge in [-0.1, -0.05) is 6.07 Å². The molecule has 0 spiro atoms. The zero-order chi connectivity index (χ0) is 10.8. The van der Waals surface area contributed by atoms with Crippen LogP contribution in [0.25, 0.3) is 0 Å². The van der Waals surface area contributed by atoms with Crippen molar-refractivity contribution in [3.05, 3.63) is 36.2 Å². The van der Waals surface area contributed by atoms with Gasteiger partial charge in [0, 0.05) is 24.6 Å². The first kappa shape index (κ1) is 9.58. The summed E-state index contributed by atoms with van der Waals surface area (Å²) in [6.07, 6.45) is 3.69. The van der Waals surface area contributed by atoms with Gasteiger partial charge in [-0.25, -0.2) is 0 Å². The summed E-state index contributed by atoms with van der Waals surface area (Å²) in [5.74, 6) is 0. The minimum atomic E-state index is 0.795. The Bertz CT molecular complexity index is 473. The second kappa shape index (κ2) is 3.65. The molecule has 0 saturated carbocycles. The van der Waals surface area contributed by atoms with E-state index in [2.05, 4.69) is 10.4 Å². The second-order valence-electron chi connectivity index (χ2n) is 3.60. The van der Waals surface area contributed by atoms with Crippen LogP contribution in [0.5, 0.6) is 0 Å². The maximum Gasteiger partial charge on any atom is 0.0770 e. The molecule has 0 amide bonds. The van der Waals surface area contributed by atoms with Crippen molar-refractivity contribution in [1.29, 1.82) is 0 Å². The number of nitrogens with zero attached hydrogens (tertiary/aromatic N) is 2. The number of rotatable bonds is 2. The van der Waals surface area contributed by atoms with E-state index >= 15 is 0 Å². The standard InChI is InChI=1S/C11H14N4/c1-8-3-4-9(5-11(8)12)14-10-6-13-15(2)7-10/h3-7,14H,12H2,1-2H3. The Kier molecular flexibility index (Phi) is 2.33. The zero-order valence-electron chi connectivity index (χ0n) is 8.86. The molecule has 78 valence electrons. The number of hydrogen-bond acceptors (Lipinski definition) is 3. The average molecular weight is 202 g/mol. The predicted octanol–water partition coefficient (Wildman–Crippen LogP) is 2.05. The van der Waals surface area contributed by atoms with Crippen LogP contribution in [0.3, 0.4) is 0 Å². The van der Waals surface area contributed by atoms with Gasteiger partial charge >= 0.3 is 0 Å². The average Bonchev–Trinajstić information content (AvgIpc) is 2.58. The molecule has 2 aromatic rings. The number of nitrogens with one attached hydrogen (secondary N) is 1. The van der Waals surface area contributed by atoms with Gasteiger partial charge in [0.2, 0.25) is 0 Å². The zero-order valence-corrected chi connectivity index (χ0v) is 8.86. The lowest BCUT2D eigenvalue weighted by atomic mass is 10.2. The number of hydrogen-bond donors (Lipinski definition) is 2. The smallest absolute Gasteiger partial charge is 0.0770 e. The second-order valence-corrected chi connectivity index (χ2v) is 3.60. The number of aryl methyl sites for hydroxylation is 2. The van der Waals surface area contributed by atoms with Crippen LogP contribution in [0, 0.1) is 6.92 Å². The molecule has 1 aromatic heterocycles. The summed E-state index contributed by atoms with van der Waals surface area (Å²) >= 11 is 0. The van der Waals surface area contributed by atoms with Gasteiger partial charge < -0.3 is 11.1 Å². The lowest BCUT2D eigenvalue weighted by Crippen LogP contribution is -1.93. The van der Waals surface area contributed by atoms with Crippen LogP contribution in [-0.2, 0) is 7.05 Å². The van der Waals surface area contributed by atoms with Crippen molar-refractivity contribution in [3.8, 4) is 0 Å². The van der Waals surface area contributed by atoms with Gasteiger partial charge in [0.25, 0.3) is 0 Å². The maximum absolute atomic E-state index is 5.82. The lowest BCUT2D eigenvalue weighted by molar-refractivity contribution is 0.768. The van der Waals surface area contributed by atoms with E-state index in [1.807, 2.05) is 38.4 Å². The maximum atomic E-state index is 5.82. The predicted molar refractivity (Wildman–Crippen MR) is 62.1 cm³/mol. The van der Waals surface area contributed by atoms with Crippen LogP contribution >= 0.6 is 0 Å². The van der Waals surface area contributed by atoms with Crippen LogP contribution in [0.1, 0.15) is 5.56 Å². The van der Waals surface area contributed by atoms with Crippen LogP contribution in [0.4, 0.5) is 17.1 Å². The summed E-state index contributed by atoms with van der Waals surface area (Å²) in [6.45, 7) is 1.99. The highest BCUT2D eigenvalue weighted by atomic mass is 15.3. The van der Waals surface area contributed by atoms with E-state index < -0.39 is 0 Å². The van der Waals surface area contributed by atoms with Gasteiger partial charge in [-0.15, -0.1) is 0 Å². The fraction of sp³-hybridized carbons (Fsp3) is 0.182. The van der Waals surface area contributed by atoms with E-state index in [1.165, 1.54) is 0 Å². The Balaban J connectivity index is 2.21. The van der Waals surface area contributed by atoms with Crippen molar-refractivity contribution in [3.63, 3.8) is 0 Å². The molecule has 0 saturated heterocycles. The lowest BCUT2D eigenvalue weighted by Gasteiger charge is -2.06. The number of nitrogens with two attached hydrogens (primary N) is 1. The molecule has 0 aliphatic carbocycles. The van der Waals surface area contributed by atoms with E-state index in [0.717, 1.165) is 22.6 Å². The third-order valence-electron chi connectivity index (χ3n) is 2.27. The monoisotopic (exact) mass is 202 g/mol. The number of aromatic nitrogens is 2. The van der Waals surface area contributed by atoms with E-state index in [0.29, 0.717) is 0 Å². The van der Waals surface area contributed by atoms with E-state index in [-0.39, 0.29) is 0 Å². The summed E-state index contributed by atoms with van der Waals surface area (Å²) in [5.41, 5.74) is 9.64. The quantitative estimate of drug-likeness (QED) is 0.733. The molecular weight excluding hydrogens is 188 g/mol. The molecule has 0 aliphatic rings. The van der Waals surface area contributed by atoms with Crippen LogP contribution < -0.4 is 11.1 Å². The molecule has 15 heavy (non-hydrogen) atoms. The molecule has 4 heteroatoms. The van der Waals surface area contributed by atoms with Crippen molar-refractivity contribution in [1.82, 2.24) is 9.78 Å². The third kappa shape index (κ3) is 2.10. The molecule has 1 aromatic carbocycles. The van der Waals surface area contributed by atoms with E-state index in [9.17, 15) is 0 Å². The minimum Gasteiger partial charge on any atom is -0.398 e. The molecule has 0 fully saturated rings. The van der Waals surface area contributed by atoms with Crippen LogP contribution in [0.15, 0.2) is 30.6 Å². The van der Waals surface area contributed by atoms with Crippen LogP contribution in [0.2, 0.25) is 0 Å². The van der Waals surface area contributed by atoms with Crippen molar-refractivity contribution in [2.24, 2.45) is 7.05 Å². The summed E-state index contributed by atoms with van der Waals surface area (Å²) in [4.78, 5) is 0. The molecular formula is C11H14N4. The topological polar surface area (TPSA) is 55.9 Å². The highest BCUT2D eigenvalue weighted by Gasteiger charge is 1.99. The molecule has 1 heterocycles.